The molecule has 0 N–H and O–H groups in total. The Morgan fingerprint density at radius 3 is 2.67 bits per heavy atom. The maximum atomic E-state index is 11.0. The fourth-order valence-electron chi connectivity index (χ4n) is 0.691. The van der Waals surface area contributed by atoms with Crippen molar-refractivity contribution in [3.05, 3.63) is 25.3 Å². The van der Waals surface area contributed by atoms with Gasteiger partial charge in [-0.15, -0.1) is 13.2 Å². The lowest BCUT2D eigenvalue weighted by atomic mass is 10.2. The van der Waals surface area contributed by atoms with Crippen molar-refractivity contribution in [1.82, 2.24) is 0 Å². The Bertz CT molecular complexity index is 215. The molecule has 0 saturated carbocycles. The second-order valence-electron chi connectivity index (χ2n) is 2.40. The van der Waals surface area contributed by atoms with E-state index in [0.29, 0.717) is 12.8 Å². The van der Waals surface area contributed by atoms with Crippen molar-refractivity contribution in [2.75, 3.05) is 0 Å². The zero-order chi connectivity index (χ0) is 9.23. The van der Waals surface area contributed by atoms with Crippen molar-refractivity contribution < 1.29 is 4.79 Å². The van der Waals surface area contributed by atoms with E-state index in [0.717, 1.165) is 12.8 Å². The molecule has 0 rings (SSSR count). The molecular weight excluding hydrogens is 148 g/mol. The number of rotatable bonds is 5. The lowest BCUT2D eigenvalue weighted by Gasteiger charge is -1.88. The number of hydrogen-bond acceptors (Lipinski definition) is 1. The molecule has 0 aromatic heterocycles. The molecule has 0 radical (unpaired) electrons. The van der Waals surface area contributed by atoms with Gasteiger partial charge in [-0.05, 0) is 18.8 Å². The Morgan fingerprint density at radius 1 is 1.33 bits per heavy atom. The molecule has 1 heteroatoms. The molecule has 0 aliphatic heterocycles. The zero-order valence-electron chi connectivity index (χ0n) is 7.31. The van der Waals surface area contributed by atoms with Gasteiger partial charge in [0.2, 0.25) is 5.78 Å². The molecule has 0 unspecified atom stereocenters. The summed E-state index contributed by atoms with van der Waals surface area (Å²) in [5, 5.41) is 0. The molecule has 0 fully saturated rings. The molecule has 0 aliphatic carbocycles. The lowest BCUT2D eigenvalue weighted by Crippen LogP contribution is -1.91. The van der Waals surface area contributed by atoms with Gasteiger partial charge in [-0.1, -0.05) is 18.1 Å². The van der Waals surface area contributed by atoms with Crippen LogP contribution in [-0.2, 0) is 4.79 Å². The second-order valence-corrected chi connectivity index (χ2v) is 2.40. The van der Waals surface area contributed by atoms with Crippen molar-refractivity contribution in [1.29, 1.82) is 0 Å². The number of ketones is 1. The summed E-state index contributed by atoms with van der Waals surface area (Å²) in [7, 11) is 0. The number of unbranched alkanes of at least 4 members (excludes halogenated alkanes) is 1. The van der Waals surface area contributed by atoms with Crippen LogP contribution in [0.4, 0.5) is 0 Å². The van der Waals surface area contributed by atoms with E-state index >= 15 is 0 Å². The molecule has 0 heterocycles. The van der Waals surface area contributed by atoms with Crippen molar-refractivity contribution in [3.63, 3.8) is 0 Å². The summed E-state index contributed by atoms with van der Waals surface area (Å²) in [5.74, 6) is 5.28. The molecule has 0 spiro atoms. The standard InChI is InChI=1S/C11H14O/c1-3-5-7-9-11(12)10-8-6-4-2/h3-4H,1-2,5-7,9H2. The van der Waals surface area contributed by atoms with Crippen LogP contribution in [0, 0.1) is 11.8 Å². The van der Waals surface area contributed by atoms with Gasteiger partial charge in [0.25, 0.3) is 0 Å². The molecule has 0 atom stereocenters. The average Bonchev–Trinajstić information content (AvgIpc) is 2.06. The van der Waals surface area contributed by atoms with Gasteiger partial charge in [0.1, 0.15) is 0 Å². The quantitative estimate of drug-likeness (QED) is 0.263. The van der Waals surface area contributed by atoms with Crippen LogP contribution in [0.25, 0.3) is 0 Å². The zero-order valence-corrected chi connectivity index (χ0v) is 7.31. The Kier molecular flexibility index (Phi) is 6.97. The fourth-order valence-corrected chi connectivity index (χ4v) is 0.691. The molecule has 1 nitrogen and oxygen atoms in total. The summed E-state index contributed by atoms with van der Waals surface area (Å²) in [6.45, 7) is 7.08. The minimum absolute atomic E-state index is 0.0127. The minimum atomic E-state index is 0.0127. The topological polar surface area (TPSA) is 17.1 Å². The van der Waals surface area contributed by atoms with Crippen LogP contribution < -0.4 is 0 Å². The van der Waals surface area contributed by atoms with Crippen molar-refractivity contribution in [3.8, 4) is 11.8 Å². The highest BCUT2D eigenvalue weighted by Gasteiger charge is 1.93. The normalized spacial score (nSPS) is 8.00. The number of hydrogen-bond donors (Lipinski definition) is 0. The predicted octanol–water partition coefficient (Wildman–Crippen LogP) is 2.49. The van der Waals surface area contributed by atoms with Gasteiger partial charge < -0.3 is 0 Å². The molecular formula is C11H14O. The lowest BCUT2D eigenvalue weighted by molar-refractivity contribution is -0.113. The van der Waals surface area contributed by atoms with E-state index in [1.54, 1.807) is 6.08 Å². The van der Waals surface area contributed by atoms with Crippen molar-refractivity contribution >= 4 is 5.78 Å². The summed E-state index contributed by atoms with van der Waals surface area (Å²) in [6, 6.07) is 0. The highest BCUT2D eigenvalue weighted by Crippen LogP contribution is 1.95. The smallest absolute Gasteiger partial charge is 0.205 e. The molecule has 12 heavy (non-hydrogen) atoms. The van der Waals surface area contributed by atoms with Gasteiger partial charge >= 0.3 is 0 Å². The minimum Gasteiger partial charge on any atom is -0.285 e. The van der Waals surface area contributed by atoms with Gasteiger partial charge in [0.05, 0.1) is 0 Å². The van der Waals surface area contributed by atoms with Gasteiger partial charge in [-0.3, -0.25) is 4.79 Å². The van der Waals surface area contributed by atoms with Crippen LogP contribution >= 0.6 is 0 Å². The van der Waals surface area contributed by atoms with Crippen molar-refractivity contribution in [2.45, 2.75) is 25.7 Å². The highest BCUT2D eigenvalue weighted by molar-refractivity contribution is 5.95. The second kappa shape index (κ2) is 7.81. The number of Topliss-reactive ketones (excluding diaryl/α,β-unsaturated/α-hetero) is 1. The van der Waals surface area contributed by atoms with Gasteiger partial charge in [0, 0.05) is 12.8 Å². The Balaban J connectivity index is 3.53. The first kappa shape index (κ1) is 10.7. The van der Waals surface area contributed by atoms with Gasteiger partial charge in [0.15, 0.2) is 0 Å². The molecule has 0 saturated heterocycles. The van der Waals surface area contributed by atoms with Crippen LogP contribution in [0.2, 0.25) is 0 Å². The van der Waals surface area contributed by atoms with Crippen LogP contribution in [0.3, 0.4) is 0 Å². The van der Waals surface area contributed by atoms with E-state index in [2.05, 4.69) is 25.0 Å². The summed E-state index contributed by atoms with van der Waals surface area (Å²) >= 11 is 0. The third-order valence-corrected chi connectivity index (χ3v) is 1.29. The summed E-state index contributed by atoms with van der Waals surface area (Å²) < 4.78 is 0. The number of carbonyl (C=O) groups is 1. The first-order valence-corrected chi connectivity index (χ1v) is 4.04. The molecule has 0 bridgehead atoms. The molecule has 0 aliphatic rings. The van der Waals surface area contributed by atoms with Crippen LogP contribution in [0.15, 0.2) is 25.3 Å². The van der Waals surface area contributed by atoms with E-state index in [-0.39, 0.29) is 5.78 Å². The fraction of sp³-hybridized carbons (Fsp3) is 0.364. The maximum absolute atomic E-state index is 11.0. The highest BCUT2D eigenvalue weighted by atomic mass is 16.1. The maximum Gasteiger partial charge on any atom is 0.205 e. The molecule has 0 aromatic rings. The van der Waals surface area contributed by atoms with Crippen LogP contribution in [0.1, 0.15) is 25.7 Å². The largest absolute Gasteiger partial charge is 0.285 e. The van der Waals surface area contributed by atoms with Crippen LogP contribution in [0.5, 0.6) is 0 Å². The van der Waals surface area contributed by atoms with Crippen LogP contribution in [-0.4, -0.2) is 5.78 Å². The summed E-state index contributed by atoms with van der Waals surface area (Å²) in [4.78, 5) is 11.0. The Labute approximate surface area is 74.2 Å². The average molecular weight is 162 g/mol. The molecule has 0 aromatic carbocycles. The Morgan fingerprint density at radius 2 is 2.08 bits per heavy atom. The van der Waals surface area contributed by atoms with Gasteiger partial charge in [-0.25, -0.2) is 0 Å². The number of allylic oxidation sites excluding steroid dienone is 2. The van der Waals surface area contributed by atoms with E-state index in [1.807, 2.05) is 6.08 Å². The number of carbonyl (C=O) groups excluding carboxylic acids is 1. The SMILES string of the molecule is C=CCC#CC(=O)CCCC=C. The van der Waals surface area contributed by atoms with Gasteiger partial charge in [-0.2, -0.15) is 0 Å². The van der Waals surface area contributed by atoms with E-state index < -0.39 is 0 Å². The van der Waals surface area contributed by atoms with E-state index in [4.69, 9.17) is 0 Å². The third kappa shape index (κ3) is 6.82. The first-order chi connectivity index (χ1) is 5.81. The van der Waals surface area contributed by atoms with E-state index in [9.17, 15) is 4.79 Å². The predicted molar refractivity (Wildman–Crippen MR) is 51.6 cm³/mol. The first-order valence-electron chi connectivity index (χ1n) is 4.04. The third-order valence-electron chi connectivity index (χ3n) is 1.29. The molecule has 64 valence electrons. The van der Waals surface area contributed by atoms with E-state index in [1.165, 1.54) is 0 Å². The van der Waals surface area contributed by atoms with Crippen molar-refractivity contribution in [2.24, 2.45) is 0 Å². The Hall–Kier alpha value is -1.29. The summed E-state index contributed by atoms with van der Waals surface area (Å²) in [5.41, 5.74) is 0. The monoisotopic (exact) mass is 162 g/mol. The molecule has 0 amide bonds. The summed E-state index contributed by atoms with van der Waals surface area (Å²) in [6.07, 6.45) is 6.36.